The van der Waals surface area contributed by atoms with Crippen LogP contribution < -0.4 is 5.32 Å². The lowest BCUT2D eigenvalue weighted by Crippen LogP contribution is -2.62. The molecule has 3 saturated heterocycles. The molecule has 12 atom stereocenters. The molecule has 6 rings (SSSR count). The Bertz CT molecular complexity index is 1200. The van der Waals surface area contributed by atoms with Crippen molar-refractivity contribution in [3.05, 3.63) is 48.0 Å². The normalized spacial score (nSPS) is 49.8. The second kappa shape index (κ2) is 8.47. The molecule has 1 spiro atoms. The van der Waals surface area contributed by atoms with Crippen LogP contribution in [0.15, 0.2) is 42.5 Å². The van der Waals surface area contributed by atoms with Gasteiger partial charge in [0.15, 0.2) is 5.78 Å². The Hall–Kier alpha value is -2.55. The molecule has 3 aliphatic heterocycles. The van der Waals surface area contributed by atoms with Crippen LogP contribution in [0.1, 0.15) is 46.6 Å². The number of ether oxygens (including phenoxy) is 3. The van der Waals surface area contributed by atoms with Crippen molar-refractivity contribution in [3.8, 4) is 0 Å². The number of fused-ring (bicyclic) bond motifs is 4. The van der Waals surface area contributed by atoms with Crippen LogP contribution in [-0.2, 0) is 35.0 Å². The number of benzene rings is 1. The monoisotopic (exact) mass is 523 g/mol. The predicted octanol–water partition coefficient (Wildman–Crippen LogP) is 2.37. The average Bonchev–Trinajstić information content (AvgIpc) is 3.74. The molecule has 1 aromatic carbocycles. The van der Waals surface area contributed by atoms with Gasteiger partial charge in [0.1, 0.15) is 17.1 Å². The van der Waals surface area contributed by atoms with E-state index in [1.807, 2.05) is 30.3 Å². The molecule has 204 valence electrons. The summed E-state index contributed by atoms with van der Waals surface area (Å²) in [6.07, 6.45) is 2.22. The number of carbonyl (C=O) groups is 3. The largest absolute Gasteiger partial charge is 0.457 e. The van der Waals surface area contributed by atoms with Crippen LogP contribution >= 0.6 is 0 Å². The van der Waals surface area contributed by atoms with E-state index in [-0.39, 0.29) is 53.8 Å². The first-order valence-corrected chi connectivity index (χ1v) is 13.7. The molecule has 38 heavy (non-hydrogen) atoms. The maximum absolute atomic E-state index is 14.4. The summed E-state index contributed by atoms with van der Waals surface area (Å²) >= 11 is 0. The summed E-state index contributed by atoms with van der Waals surface area (Å²) in [6.45, 7) is 8.78. The highest BCUT2D eigenvalue weighted by Gasteiger charge is 2.82. The van der Waals surface area contributed by atoms with Crippen LogP contribution in [-0.4, -0.2) is 64.4 Å². The number of nitrogens with one attached hydrogen (secondary N) is 1. The molecule has 8 heteroatoms. The van der Waals surface area contributed by atoms with E-state index in [0.29, 0.717) is 12.8 Å². The molecule has 3 heterocycles. The standard InChI is InChI=1S/C30H37NO7/c1-15-13-20-24(37-20)23-26-29(5,38-26)16(2)22-19(14-18-9-7-6-8-10-18)31-27(34)30(22,23)21(36-17(3)32)11-12-28(4,35)25(15)33/h6-12,15-16,19-24,26,35H,13-14H2,1-5H3,(H,31,34)/b12-11+/t15-,16-,19-,20+,21-,22-,23-,24-,26-,28+,29+,30+/m0/s1. The number of epoxide rings is 2. The van der Waals surface area contributed by atoms with E-state index in [2.05, 4.69) is 19.2 Å². The first-order chi connectivity index (χ1) is 17.9. The Morgan fingerprint density at radius 3 is 2.55 bits per heavy atom. The van der Waals surface area contributed by atoms with Gasteiger partial charge in [-0.1, -0.05) is 44.2 Å². The molecular formula is C30H37NO7. The summed E-state index contributed by atoms with van der Waals surface area (Å²) in [5.41, 5.74) is -2.30. The second-order valence-corrected chi connectivity index (χ2v) is 12.4. The fraction of sp³-hybridized carbons (Fsp3) is 0.633. The minimum Gasteiger partial charge on any atom is -0.457 e. The zero-order valence-corrected chi connectivity index (χ0v) is 22.5. The number of hydrogen-bond acceptors (Lipinski definition) is 7. The van der Waals surface area contributed by atoms with E-state index in [1.165, 1.54) is 19.9 Å². The highest BCUT2D eigenvalue weighted by atomic mass is 16.6. The van der Waals surface area contributed by atoms with E-state index < -0.39 is 34.6 Å². The van der Waals surface area contributed by atoms with Gasteiger partial charge in [-0.3, -0.25) is 14.4 Å². The minimum absolute atomic E-state index is 0.0359. The summed E-state index contributed by atoms with van der Waals surface area (Å²) in [5, 5.41) is 14.4. The van der Waals surface area contributed by atoms with E-state index in [0.717, 1.165) is 5.56 Å². The van der Waals surface area contributed by atoms with E-state index in [4.69, 9.17) is 14.2 Å². The number of carbonyl (C=O) groups excluding carboxylic acids is 3. The summed E-state index contributed by atoms with van der Waals surface area (Å²) in [7, 11) is 0. The zero-order valence-electron chi connectivity index (χ0n) is 22.5. The Balaban J connectivity index is 1.53. The number of aliphatic hydroxyl groups is 1. The van der Waals surface area contributed by atoms with Gasteiger partial charge < -0.3 is 24.6 Å². The van der Waals surface area contributed by atoms with Crippen LogP contribution in [0.2, 0.25) is 0 Å². The molecule has 4 fully saturated rings. The molecule has 0 bridgehead atoms. The zero-order chi connectivity index (χ0) is 27.2. The number of esters is 1. The van der Waals surface area contributed by atoms with Crippen molar-refractivity contribution in [1.29, 1.82) is 0 Å². The van der Waals surface area contributed by atoms with Gasteiger partial charge in [-0.15, -0.1) is 0 Å². The fourth-order valence-electron chi connectivity index (χ4n) is 8.09. The van der Waals surface area contributed by atoms with E-state index >= 15 is 0 Å². The molecule has 2 N–H and O–H groups in total. The minimum atomic E-state index is -1.78. The van der Waals surface area contributed by atoms with Gasteiger partial charge in [-0.2, -0.15) is 0 Å². The lowest BCUT2D eigenvalue weighted by Gasteiger charge is -2.50. The Labute approximate surface area is 223 Å². The molecule has 1 aromatic rings. The lowest BCUT2D eigenvalue weighted by molar-refractivity contribution is -0.166. The summed E-state index contributed by atoms with van der Waals surface area (Å²) in [5.74, 6) is -2.17. The first-order valence-electron chi connectivity index (χ1n) is 13.7. The van der Waals surface area contributed by atoms with Crippen LogP contribution in [0.5, 0.6) is 0 Å². The van der Waals surface area contributed by atoms with Crippen molar-refractivity contribution >= 4 is 17.7 Å². The third kappa shape index (κ3) is 3.63. The van der Waals surface area contributed by atoms with Gasteiger partial charge in [0.05, 0.1) is 23.9 Å². The summed E-state index contributed by atoms with van der Waals surface area (Å²) in [4.78, 5) is 40.1. The first kappa shape index (κ1) is 25.7. The number of ketones is 1. The van der Waals surface area contributed by atoms with E-state index in [1.54, 1.807) is 13.0 Å². The van der Waals surface area contributed by atoms with Gasteiger partial charge in [0.25, 0.3) is 0 Å². The molecule has 0 aromatic heterocycles. The second-order valence-electron chi connectivity index (χ2n) is 12.4. The Morgan fingerprint density at radius 1 is 1.16 bits per heavy atom. The number of rotatable bonds is 3. The molecular weight excluding hydrogens is 486 g/mol. The molecule has 0 radical (unpaired) electrons. The number of hydrogen-bond donors (Lipinski definition) is 2. The fourth-order valence-corrected chi connectivity index (χ4v) is 8.09. The molecule has 1 amide bonds. The van der Waals surface area contributed by atoms with Crippen molar-refractivity contribution in [2.75, 3.05) is 0 Å². The van der Waals surface area contributed by atoms with Crippen LogP contribution in [0.25, 0.3) is 0 Å². The van der Waals surface area contributed by atoms with Crippen LogP contribution in [0.3, 0.4) is 0 Å². The maximum atomic E-state index is 14.4. The molecule has 8 nitrogen and oxygen atoms in total. The Kier molecular flexibility index (Phi) is 5.73. The van der Waals surface area contributed by atoms with Crippen LogP contribution in [0, 0.1) is 29.1 Å². The highest BCUT2D eigenvalue weighted by Crippen LogP contribution is 2.69. The maximum Gasteiger partial charge on any atom is 0.303 e. The summed E-state index contributed by atoms with van der Waals surface area (Å²) in [6, 6.07) is 9.80. The predicted molar refractivity (Wildman–Crippen MR) is 137 cm³/mol. The Morgan fingerprint density at radius 2 is 1.87 bits per heavy atom. The van der Waals surface area contributed by atoms with E-state index in [9.17, 15) is 19.5 Å². The quantitative estimate of drug-likeness (QED) is 0.355. The van der Waals surface area contributed by atoms with Gasteiger partial charge in [0.2, 0.25) is 5.91 Å². The van der Waals surface area contributed by atoms with Gasteiger partial charge in [-0.05, 0) is 50.3 Å². The van der Waals surface area contributed by atoms with Crippen molar-refractivity contribution in [2.45, 2.75) is 89.1 Å². The number of amides is 1. The van der Waals surface area contributed by atoms with Gasteiger partial charge in [-0.25, -0.2) is 0 Å². The smallest absolute Gasteiger partial charge is 0.303 e. The lowest BCUT2D eigenvalue weighted by atomic mass is 9.50. The van der Waals surface area contributed by atoms with Crippen molar-refractivity contribution in [3.63, 3.8) is 0 Å². The molecule has 0 unspecified atom stereocenters. The summed E-state index contributed by atoms with van der Waals surface area (Å²) < 4.78 is 18.6. The third-order valence-corrected chi connectivity index (χ3v) is 10.1. The highest BCUT2D eigenvalue weighted by molar-refractivity contribution is 5.91. The van der Waals surface area contributed by atoms with Crippen molar-refractivity contribution in [1.82, 2.24) is 5.32 Å². The molecule has 5 aliphatic rings. The van der Waals surface area contributed by atoms with Crippen LogP contribution in [0.4, 0.5) is 0 Å². The average molecular weight is 524 g/mol. The van der Waals surface area contributed by atoms with Gasteiger partial charge >= 0.3 is 5.97 Å². The van der Waals surface area contributed by atoms with Gasteiger partial charge in [0, 0.05) is 30.7 Å². The molecule has 1 saturated carbocycles. The topological polar surface area (TPSA) is 118 Å². The molecule has 2 aliphatic carbocycles. The van der Waals surface area contributed by atoms with Crippen molar-refractivity contribution in [2.24, 2.45) is 29.1 Å². The third-order valence-electron chi connectivity index (χ3n) is 10.1. The SMILES string of the molecule is CC(=O)O[C@H]1/C=C/[C@@](C)(O)C(=O)[C@@H](C)C[C@H]2O[C@@H]2[C@H]2[C@@H]3O[C@]3(C)[C@@H](C)[C@H]3[C@H](Cc4ccccc4)NC(=O)[C@]321. The van der Waals surface area contributed by atoms with Crippen molar-refractivity contribution < 1.29 is 33.7 Å². The number of Topliss-reactive ketones (excluding diaryl/α,β-unsaturated/α-hetero) is 1.